The van der Waals surface area contributed by atoms with E-state index in [-0.39, 0.29) is 5.41 Å². The molecule has 0 saturated carbocycles. The molecule has 3 rings (SSSR count). The van der Waals surface area contributed by atoms with E-state index in [1.165, 1.54) is 5.56 Å². The van der Waals surface area contributed by atoms with E-state index in [0.717, 1.165) is 30.1 Å². The van der Waals surface area contributed by atoms with Gasteiger partial charge >= 0.3 is 0 Å². The van der Waals surface area contributed by atoms with Gasteiger partial charge in [-0.2, -0.15) is 0 Å². The Kier molecular flexibility index (Phi) is 7.70. The van der Waals surface area contributed by atoms with Gasteiger partial charge in [-0.05, 0) is 69.3 Å². The van der Waals surface area contributed by atoms with Crippen LogP contribution in [-0.4, -0.2) is 28.0 Å². The predicted molar refractivity (Wildman–Crippen MR) is 127 cm³/mol. The molecule has 1 heterocycles. The highest BCUT2D eigenvalue weighted by molar-refractivity contribution is 5.36. The fourth-order valence-electron chi connectivity index (χ4n) is 3.04. The van der Waals surface area contributed by atoms with Gasteiger partial charge in [0.25, 0.3) is 0 Å². The van der Waals surface area contributed by atoms with Crippen LogP contribution in [0.1, 0.15) is 31.9 Å². The second-order valence-electron chi connectivity index (χ2n) is 8.69. The molecule has 0 spiro atoms. The largest absolute Gasteiger partial charge is 0.489 e. The third kappa shape index (κ3) is 7.81. The number of allylic oxidation sites excluding steroid dienone is 1. The lowest BCUT2D eigenvalue weighted by molar-refractivity contribution is 0.304. The van der Waals surface area contributed by atoms with Crippen LogP contribution < -0.4 is 4.74 Å². The maximum atomic E-state index is 6.06. The van der Waals surface area contributed by atoms with Crippen LogP contribution in [0, 0.1) is 17.3 Å². The van der Waals surface area contributed by atoms with Gasteiger partial charge in [-0.25, -0.2) is 4.98 Å². The first-order valence-electron chi connectivity index (χ1n) is 10.5. The molecule has 0 aliphatic rings. The lowest BCUT2D eigenvalue weighted by atomic mass is 9.98. The number of aromatic nitrogens is 2. The van der Waals surface area contributed by atoms with Crippen LogP contribution in [0.25, 0.3) is 5.69 Å². The number of imidazole rings is 1. The summed E-state index contributed by atoms with van der Waals surface area (Å²) in [5.41, 5.74) is 3.46. The molecule has 160 valence electrons. The van der Waals surface area contributed by atoms with E-state index in [2.05, 4.69) is 86.0 Å². The molecule has 4 heteroatoms. The number of hydrogen-bond acceptors (Lipinski definition) is 3. The van der Waals surface area contributed by atoms with Crippen LogP contribution in [0.3, 0.4) is 0 Å². The molecule has 0 bridgehead atoms. The molecule has 0 saturated heterocycles. The van der Waals surface area contributed by atoms with E-state index in [4.69, 9.17) is 4.74 Å². The van der Waals surface area contributed by atoms with Gasteiger partial charge in [-0.1, -0.05) is 42.2 Å². The second-order valence-corrected chi connectivity index (χ2v) is 8.69. The molecule has 0 fully saturated rings. The average Bonchev–Trinajstić information content (AvgIpc) is 3.27. The molecular weight excluding hydrogens is 382 g/mol. The Labute approximate surface area is 186 Å². The molecule has 0 radical (unpaired) electrons. The van der Waals surface area contributed by atoms with Crippen molar-refractivity contribution in [2.75, 3.05) is 13.6 Å². The van der Waals surface area contributed by atoms with Crippen LogP contribution in [0.5, 0.6) is 5.75 Å². The molecular formula is C27H31N3O. The normalized spacial score (nSPS) is 11.5. The van der Waals surface area contributed by atoms with E-state index in [9.17, 15) is 0 Å². The Bertz CT molecular complexity index is 1050. The van der Waals surface area contributed by atoms with Crippen LogP contribution in [0.15, 0.2) is 79.4 Å². The highest BCUT2D eigenvalue weighted by Crippen LogP contribution is 2.18. The van der Waals surface area contributed by atoms with Gasteiger partial charge in [0.05, 0.1) is 6.33 Å². The molecule has 0 N–H and O–H groups in total. The molecule has 31 heavy (non-hydrogen) atoms. The van der Waals surface area contributed by atoms with Gasteiger partial charge in [0.1, 0.15) is 12.4 Å². The molecule has 0 aliphatic carbocycles. The number of ether oxygens (including phenoxy) is 1. The third-order valence-electron chi connectivity index (χ3n) is 4.53. The van der Waals surface area contributed by atoms with Crippen molar-refractivity contribution < 1.29 is 4.74 Å². The Hall–Kier alpha value is -3.29. The van der Waals surface area contributed by atoms with Crippen LogP contribution in [0.2, 0.25) is 0 Å². The molecule has 0 amide bonds. The van der Waals surface area contributed by atoms with Gasteiger partial charge in [-0.15, -0.1) is 0 Å². The number of benzene rings is 2. The lowest BCUT2D eigenvalue weighted by Crippen LogP contribution is -2.17. The van der Waals surface area contributed by atoms with Crippen molar-refractivity contribution in [3.8, 4) is 23.3 Å². The van der Waals surface area contributed by atoms with Crippen molar-refractivity contribution in [3.05, 3.63) is 90.5 Å². The maximum absolute atomic E-state index is 6.06. The summed E-state index contributed by atoms with van der Waals surface area (Å²) < 4.78 is 8.05. The molecule has 4 nitrogen and oxygen atoms in total. The first kappa shape index (κ1) is 22.4. The van der Waals surface area contributed by atoms with E-state index < -0.39 is 0 Å². The summed E-state index contributed by atoms with van der Waals surface area (Å²) in [7, 11) is 2.11. The van der Waals surface area contributed by atoms with Crippen LogP contribution >= 0.6 is 0 Å². The van der Waals surface area contributed by atoms with E-state index in [1.807, 2.05) is 35.0 Å². The Morgan fingerprint density at radius 1 is 1.10 bits per heavy atom. The van der Waals surface area contributed by atoms with Crippen LogP contribution in [0.4, 0.5) is 0 Å². The maximum Gasteiger partial charge on any atom is 0.120 e. The standard InChI is InChI=1S/C27H31N3O/c1-27(2,3)14-6-5-7-16-29(4)20-23-10-9-13-26(19-23)31-21-24-11-8-12-25(18-24)30-17-15-28-22-30/h5,7-13,15,17-19,22H,16,20-21H2,1-4H3/b7-5+. The van der Waals surface area contributed by atoms with Crippen molar-refractivity contribution in [1.29, 1.82) is 0 Å². The topological polar surface area (TPSA) is 30.3 Å². The van der Waals surface area contributed by atoms with Gasteiger partial charge in [0.2, 0.25) is 0 Å². The highest BCUT2D eigenvalue weighted by atomic mass is 16.5. The van der Waals surface area contributed by atoms with E-state index in [1.54, 1.807) is 12.5 Å². The zero-order valence-corrected chi connectivity index (χ0v) is 18.9. The van der Waals surface area contributed by atoms with Gasteiger partial charge < -0.3 is 9.30 Å². The highest BCUT2D eigenvalue weighted by Gasteiger charge is 2.04. The minimum Gasteiger partial charge on any atom is -0.489 e. The molecule has 2 aromatic carbocycles. The average molecular weight is 414 g/mol. The third-order valence-corrected chi connectivity index (χ3v) is 4.53. The van der Waals surface area contributed by atoms with E-state index in [0.29, 0.717) is 6.61 Å². The molecule has 0 aliphatic heterocycles. The van der Waals surface area contributed by atoms with Gasteiger partial charge in [-0.3, -0.25) is 4.90 Å². The molecule has 0 atom stereocenters. The fraction of sp³-hybridized carbons (Fsp3) is 0.296. The summed E-state index contributed by atoms with van der Waals surface area (Å²) >= 11 is 0. The smallest absolute Gasteiger partial charge is 0.120 e. The monoisotopic (exact) mass is 413 g/mol. The number of rotatable bonds is 8. The molecule has 1 aromatic heterocycles. The summed E-state index contributed by atoms with van der Waals surface area (Å²) in [6.45, 7) is 8.58. The van der Waals surface area contributed by atoms with Crippen LogP contribution in [-0.2, 0) is 13.2 Å². The minimum absolute atomic E-state index is 0.0392. The Morgan fingerprint density at radius 3 is 2.68 bits per heavy atom. The summed E-state index contributed by atoms with van der Waals surface area (Å²) in [4.78, 5) is 6.36. The van der Waals surface area contributed by atoms with Crippen molar-refractivity contribution in [2.24, 2.45) is 5.41 Å². The predicted octanol–water partition coefficient (Wildman–Crippen LogP) is 5.49. The van der Waals surface area contributed by atoms with Crippen molar-refractivity contribution in [3.63, 3.8) is 0 Å². The SMILES string of the molecule is CN(C/C=C/C#CC(C)(C)C)Cc1cccc(OCc2cccc(-n3ccnc3)c2)c1. The Balaban J connectivity index is 1.53. The zero-order chi connectivity index (χ0) is 22.1. The first-order chi connectivity index (χ1) is 14.9. The fourth-order valence-corrected chi connectivity index (χ4v) is 3.04. The first-order valence-corrected chi connectivity index (χ1v) is 10.5. The zero-order valence-electron chi connectivity index (χ0n) is 18.9. The summed E-state index contributed by atoms with van der Waals surface area (Å²) in [6, 6.07) is 16.6. The van der Waals surface area contributed by atoms with Crippen molar-refractivity contribution in [2.45, 2.75) is 33.9 Å². The number of nitrogens with zero attached hydrogens (tertiary/aromatic N) is 3. The van der Waals surface area contributed by atoms with E-state index >= 15 is 0 Å². The Morgan fingerprint density at radius 2 is 1.90 bits per heavy atom. The van der Waals surface area contributed by atoms with Crippen molar-refractivity contribution >= 4 is 0 Å². The summed E-state index contributed by atoms with van der Waals surface area (Å²) in [5.74, 6) is 7.21. The molecule has 0 unspecified atom stereocenters. The minimum atomic E-state index is 0.0392. The lowest BCUT2D eigenvalue weighted by Gasteiger charge is -2.15. The van der Waals surface area contributed by atoms with Gasteiger partial charge in [0, 0.05) is 36.6 Å². The number of likely N-dealkylation sites (N-methyl/N-ethyl adjacent to an activating group) is 1. The van der Waals surface area contributed by atoms with Crippen molar-refractivity contribution in [1.82, 2.24) is 14.5 Å². The summed E-state index contributed by atoms with van der Waals surface area (Å²) in [6.07, 6.45) is 9.56. The summed E-state index contributed by atoms with van der Waals surface area (Å²) in [5, 5.41) is 0. The number of hydrogen-bond donors (Lipinski definition) is 0. The molecule has 3 aromatic rings. The van der Waals surface area contributed by atoms with Gasteiger partial charge in [0.15, 0.2) is 0 Å². The quantitative estimate of drug-likeness (QED) is 0.458. The second kappa shape index (κ2) is 10.7.